The van der Waals surface area contributed by atoms with E-state index in [1.807, 2.05) is 0 Å². The summed E-state index contributed by atoms with van der Waals surface area (Å²) in [5.74, 6) is -0.116. The predicted molar refractivity (Wildman–Crippen MR) is 98.0 cm³/mol. The average Bonchev–Trinajstić information content (AvgIpc) is 3.01. The highest BCUT2D eigenvalue weighted by Crippen LogP contribution is 2.25. The summed E-state index contributed by atoms with van der Waals surface area (Å²) in [7, 11) is -3.47. The molecule has 1 aromatic carbocycles. The fourth-order valence-electron chi connectivity index (χ4n) is 3.27. The molecule has 0 saturated carbocycles. The maximum absolute atomic E-state index is 11.0. The number of hydrogen-bond donors (Lipinski definition) is 1. The zero-order valence-electron chi connectivity index (χ0n) is 14.6. The molecule has 2 aromatic rings. The largest absolute Gasteiger partial charge is 0.371 e. The van der Waals surface area contributed by atoms with E-state index in [9.17, 15) is 8.42 Å². The summed E-state index contributed by atoms with van der Waals surface area (Å²) in [6, 6.07) is 6.51. The van der Waals surface area contributed by atoms with E-state index in [2.05, 4.69) is 40.3 Å². The highest BCUT2D eigenvalue weighted by molar-refractivity contribution is 7.89. The standard InChI is InChI=1S/C17H25N5O2S/c1-14-11-15(5-6-17(14)21-8-3-2-4-9-21)12-22-13-16(19-20-22)7-10-25(18,23)24/h5-6,11,13H,2-4,7-10,12H2,1H3,(H2,18,23,24). The van der Waals surface area contributed by atoms with Crippen molar-refractivity contribution in [1.82, 2.24) is 15.0 Å². The zero-order chi connectivity index (χ0) is 17.9. The second-order valence-electron chi connectivity index (χ2n) is 6.69. The van der Waals surface area contributed by atoms with Crippen LogP contribution in [-0.4, -0.2) is 42.3 Å². The average molecular weight is 363 g/mol. The van der Waals surface area contributed by atoms with E-state index in [0.29, 0.717) is 12.2 Å². The Bertz CT molecular complexity index is 825. The first-order valence-electron chi connectivity index (χ1n) is 8.65. The summed E-state index contributed by atoms with van der Waals surface area (Å²) < 4.78 is 23.8. The molecule has 8 heteroatoms. The number of aryl methyl sites for hydroxylation is 2. The minimum absolute atomic E-state index is 0.116. The number of hydrogen-bond acceptors (Lipinski definition) is 5. The molecule has 1 aliphatic rings. The minimum atomic E-state index is -3.47. The van der Waals surface area contributed by atoms with Gasteiger partial charge >= 0.3 is 0 Å². The van der Waals surface area contributed by atoms with E-state index in [0.717, 1.165) is 18.7 Å². The first-order chi connectivity index (χ1) is 11.9. The molecular weight excluding hydrogens is 338 g/mol. The van der Waals surface area contributed by atoms with Gasteiger partial charge in [-0.1, -0.05) is 17.3 Å². The third-order valence-corrected chi connectivity index (χ3v) is 5.30. The van der Waals surface area contributed by atoms with Crippen LogP contribution in [0.4, 0.5) is 5.69 Å². The molecule has 2 heterocycles. The van der Waals surface area contributed by atoms with Gasteiger partial charge in [-0.25, -0.2) is 18.2 Å². The number of benzene rings is 1. The fourth-order valence-corrected chi connectivity index (χ4v) is 3.76. The van der Waals surface area contributed by atoms with E-state index < -0.39 is 10.0 Å². The molecule has 25 heavy (non-hydrogen) atoms. The smallest absolute Gasteiger partial charge is 0.209 e. The van der Waals surface area contributed by atoms with Gasteiger partial charge < -0.3 is 4.90 Å². The zero-order valence-corrected chi connectivity index (χ0v) is 15.4. The summed E-state index contributed by atoms with van der Waals surface area (Å²) in [6.07, 6.45) is 5.92. The maximum Gasteiger partial charge on any atom is 0.209 e. The second kappa shape index (κ2) is 7.53. The Morgan fingerprint density at radius 3 is 2.64 bits per heavy atom. The van der Waals surface area contributed by atoms with Gasteiger partial charge in [-0.15, -0.1) is 5.10 Å². The number of aromatic nitrogens is 3. The summed E-state index contributed by atoms with van der Waals surface area (Å²) in [5.41, 5.74) is 4.38. The Morgan fingerprint density at radius 1 is 1.20 bits per heavy atom. The van der Waals surface area contributed by atoms with Gasteiger partial charge in [-0.05, 0) is 43.4 Å². The molecule has 0 unspecified atom stereocenters. The van der Waals surface area contributed by atoms with Gasteiger partial charge in [-0.2, -0.15) is 0 Å². The van der Waals surface area contributed by atoms with E-state index in [1.165, 1.54) is 30.5 Å². The quantitative estimate of drug-likeness (QED) is 0.838. The van der Waals surface area contributed by atoms with Crippen LogP contribution in [0.1, 0.15) is 36.1 Å². The molecule has 136 valence electrons. The van der Waals surface area contributed by atoms with E-state index in [4.69, 9.17) is 5.14 Å². The Labute approximate surface area is 148 Å². The van der Waals surface area contributed by atoms with Crippen LogP contribution in [0.3, 0.4) is 0 Å². The lowest BCUT2D eigenvalue weighted by Crippen LogP contribution is -2.29. The van der Waals surface area contributed by atoms with Gasteiger partial charge in [-0.3, -0.25) is 0 Å². The first-order valence-corrected chi connectivity index (χ1v) is 10.4. The second-order valence-corrected chi connectivity index (χ2v) is 8.43. The molecule has 2 N–H and O–H groups in total. The first kappa shape index (κ1) is 17.9. The van der Waals surface area contributed by atoms with Crippen molar-refractivity contribution in [3.63, 3.8) is 0 Å². The molecule has 0 atom stereocenters. The predicted octanol–water partition coefficient (Wildman–Crippen LogP) is 1.46. The highest BCUT2D eigenvalue weighted by Gasteiger charge is 2.13. The van der Waals surface area contributed by atoms with Gasteiger partial charge in [0.1, 0.15) is 0 Å². The van der Waals surface area contributed by atoms with Crippen molar-refractivity contribution in [1.29, 1.82) is 0 Å². The number of rotatable bonds is 6. The van der Waals surface area contributed by atoms with Crippen molar-refractivity contribution in [3.8, 4) is 0 Å². The number of piperidine rings is 1. The van der Waals surface area contributed by atoms with Crippen LogP contribution in [0.25, 0.3) is 0 Å². The van der Waals surface area contributed by atoms with Crippen molar-refractivity contribution in [3.05, 3.63) is 41.2 Å². The van der Waals surface area contributed by atoms with Crippen LogP contribution < -0.4 is 10.0 Å². The molecule has 0 aliphatic carbocycles. The van der Waals surface area contributed by atoms with Crippen molar-refractivity contribution < 1.29 is 8.42 Å². The van der Waals surface area contributed by atoms with Crippen LogP contribution >= 0.6 is 0 Å². The van der Waals surface area contributed by atoms with Crippen molar-refractivity contribution in [2.45, 2.75) is 39.2 Å². The third-order valence-electron chi connectivity index (χ3n) is 4.53. The lowest BCUT2D eigenvalue weighted by atomic mass is 10.1. The normalized spacial score (nSPS) is 15.5. The Balaban J connectivity index is 1.65. The van der Waals surface area contributed by atoms with Crippen LogP contribution in [0.15, 0.2) is 24.4 Å². The molecule has 7 nitrogen and oxygen atoms in total. The molecule has 0 spiro atoms. The fraction of sp³-hybridized carbons (Fsp3) is 0.529. The van der Waals surface area contributed by atoms with Crippen LogP contribution in [0.5, 0.6) is 0 Å². The third kappa shape index (κ3) is 5.02. The number of anilines is 1. The molecule has 0 amide bonds. The molecule has 1 aliphatic heterocycles. The minimum Gasteiger partial charge on any atom is -0.371 e. The highest BCUT2D eigenvalue weighted by atomic mass is 32.2. The van der Waals surface area contributed by atoms with E-state index in [1.54, 1.807) is 10.9 Å². The lowest BCUT2D eigenvalue weighted by molar-refractivity contribution is 0.577. The molecule has 0 bridgehead atoms. The maximum atomic E-state index is 11.0. The van der Waals surface area contributed by atoms with Gasteiger partial charge in [0.2, 0.25) is 10.0 Å². The number of primary sulfonamides is 1. The molecule has 0 radical (unpaired) electrons. The summed E-state index contributed by atoms with van der Waals surface area (Å²) >= 11 is 0. The van der Waals surface area contributed by atoms with Crippen molar-refractivity contribution in [2.75, 3.05) is 23.7 Å². The lowest BCUT2D eigenvalue weighted by Gasteiger charge is -2.30. The van der Waals surface area contributed by atoms with E-state index in [-0.39, 0.29) is 12.2 Å². The summed E-state index contributed by atoms with van der Waals surface area (Å²) in [5, 5.41) is 13.1. The molecule has 1 fully saturated rings. The monoisotopic (exact) mass is 363 g/mol. The molecule has 1 aromatic heterocycles. The Kier molecular flexibility index (Phi) is 5.39. The molecule has 3 rings (SSSR count). The number of nitrogens with two attached hydrogens (primary N) is 1. The number of sulfonamides is 1. The topological polar surface area (TPSA) is 94.1 Å². The van der Waals surface area contributed by atoms with Gasteiger partial charge in [0.05, 0.1) is 18.0 Å². The van der Waals surface area contributed by atoms with Gasteiger partial charge in [0.25, 0.3) is 0 Å². The molecule has 1 saturated heterocycles. The Hall–Kier alpha value is -1.93. The van der Waals surface area contributed by atoms with Crippen LogP contribution in [0, 0.1) is 6.92 Å². The van der Waals surface area contributed by atoms with Crippen molar-refractivity contribution in [2.24, 2.45) is 5.14 Å². The Morgan fingerprint density at radius 2 is 1.96 bits per heavy atom. The van der Waals surface area contributed by atoms with Crippen molar-refractivity contribution >= 4 is 15.7 Å². The SMILES string of the molecule is Cc1cc(Cn2cc(CCS(N)(=O)=O)nn2)ccc1N1CCCCC1. The van der Waals surface area contributed by atoms with Gasteiger partial charge in [0, 0.05) is 31.4 Å². The summed E-state index contributed by atoms with van der Waals surface area (Å²) in [6.45, 7) is 5.03. The van der Waals surface area contributed by atoms with Crippen LogP contribution in [-0.2, 0) is 23.0 Å². The van der Waals surface area contributed by atoms with Gasteiger partial charge in [0.15, 0.2) is 0 Å². The molecular formula is C17H25N5O2S. The number of nitrogens with zero attached hydrogens (tertiary/aromatic N) is 4. The van der Waals surface area contributed by atoms with Crippen LogP contribution in [0.2, 0.25) is 0 Å². The summed E-state index contributed by atoms with van der Waals surface area (Å²) in [4.78, 5) is 2.46. The van der Waals surface area contributed by atoms with E-state index >= 15 is 0 Å².